The van der Waals surface area contributed by atoms with Crippen LogP contribution in [0.4, 0.5) is 0 Å². The molecule has 0 unspecified atom stereocenters. The highest BCUT2D eigenvalue weighted by Gasteiger charge is 2.21. The third-order valence-corrected chi connectivity index (χ3v) is 3.01. The average molecular weight is 287 g/mol. The first-order valence-corrected chi connectivity index (χ1v) is 6.18. The maximum atomic E-state index is 11.3. The van der Waals surface area contributed by atoms with Gasteiger partial charge < -0.3 is 5.11 Å². The lowest BCUT2D eigenvalue weighted by Gasteiger charge is -2.03. The summed E-state index contributed by atoms with van der Waals surface area (Å²) >= 11 is 0. The molecule has 0 aromatic carbocycles. The van der Waals surface area contributed by atoms with Gasteiger partial charge in [0, 0.05) is 37.6 Å². The Balaban J connectivity index is 2.06. The Bertz CT molecular complexity index is 798. The second kappa shape index (κ2) is 4.85. The van der Waals surface area contributed by atoms with E-state index in [1.165, 1.54) is 4.68 Å². The third-order valence-electron chi connectivity index (χ3n) is 3.01. The molecule has 3 aromatic heterocycles. The molecule has 0 aliphatic heterocycles. The van der Waals surface area contributed by atoms with E-state index in [4.69, 9.17) is 0 Å². The van der Waals surface area contributed by atoms with Crippen LogP contribution in [0.2, 0.25) is 0 Å². The Hall–Kier alpha value is -2.97. The van der Waals surface area contributed by atoms with Crippen LogP contribution in [0.15, 0.2) is 24.8 Å². The Morgan fingerprint density at radius 2 is 1.90 bits per heavy atom. The van der Waals surface area contributed by atoms with Gasteiger partial charge in [0.25, 0.3) is 0 Å². The van der Waals surface area contributed by atoms with Crippen LogP contribution in [-0.4, -0.2) is 45.6 Å². The summed E-state index contributed by atoms with van der Waals surface area (Å²) < 4.78 is 4.81. The molecule has 3 rings (SSSR count). The predicted octanol–water partition coefficient (Wildman–Crippen LogP) is 0.159. The zero-order chi connectivity index (χ0) is 15.0. The van der Waals surface area contributed by atoms with Crippen molar-refractivity contribution in [2.75, 3.05) is 0 Å². The fraction of sp³-hybridized carbons (Fsp3) is 0.250. The van der Waals surface area contributed by atoms with E-state index in [1.807, 2.05) is 13.2 Å². The lowest BCUT2D eigenvalue weighted by molar-refractivity contribution is 0.0691. The molecular formula is C12H13N7O2. The summed E-state index contributed by atoms with van der Waals surface area (Å²) in [5.74, 6) is -1.12. The van der Waals surface area contributed by atoms with Crippen molar-refractivity contribution < 1.29 is 9.90 Å². The van der Waals surface area contributed by atoms with Gasteiger partial charge in [0.1, 0.15) is 5.69 Å². The molecule has 9 heteroatoms. The topological polar surface area (TPSA) is 104 Å². The first kappa shape index (κ1) is 13.0. The molecule has 0 amide bonds. The van der Waals surface area contributed by atoms with E-state index < -0.39 is 5.97 Å². The monoisotopic (exact) mass is 287 g/mol. The minimum Gasteiger partial charge on any atom is -0.476 e. The van der Waals surface area contributed by atoms with Gasteiger partial charge in [-0.1, -0.05) is 5.21 Å². The smallest absolute Gasteiger partial charge is 0.358 e. The molecule has 0 radical (unpaired) electrons. The Kier molecular flexibility index (Phi) is 3.01. The van der Waals surface area contributed by atoms with Crippen LogP contribution in [0, 0.1) is 0 Å². The molecule has 0 atom stereocenters. The molecule has 3 aromatic rings. The van der Waals surface area contributed by atoms with E-state index in [9.17, 15) is 9.90 Å². The highest BCUT2D eigenvalue weighted by Crippen LogP contribution is 2.22. The molecule has 9 nitrogen and oxygen atoms in total. The molecule has 1 N–H and O–H groups in total. The van der Waals surface area contributed by atoms with Crippen molar-refractivity contribution in [1.29, 1.82) is 0 Å². The minimum absolute atomic E-state index is 0.0908. The quantitative estimate of drug-likeness (QED) is 0.733. The number of aromatic carboxylic acids is 1. The number of hydrogen-bond acceptors (Lipinski definition) is 5. The first-order chi connectivity index (χ1) is 10.0. The molecule has 3 heterocycles. The minimum atomic E-state index is -1.12. The SMILES string of the molecule is Cn1cc(Cn2nnc(C(=O)O)c2-c2cnn(C)c2)cn1. The molecule has 21 heavy (non-hydrogen) atoms. The lowest BCUT2D eigenvalue weighted by Crippen LogP contribution is -2.05. The Morgan fingerprint density at radius 1 is 1.19 bits per heavy atom. The molecule has 0 saturated carbocycles. The number of carboxylic acids is 1. The standard InChI is InChI=1S/C12H13N7O2/c1-17-5-8(3-13-17)6-19-11(9-4-14-18(2)7-9)10(12(20)21)15-16-19/h3-5,7H,6H2,1-2H3,(H,20,21). The van der Waals surface area contributed by atoms with Crippen molar-refractivity contribution in [2.24, 2.45) is 14.1 Å². The summed E-state index contributed by atoms with van der Waals surface area (Å²) in [6, 6.07) is 0. The highest BCUT2D eigenvalue weighted by molar-refractivity contribution is 5.92. The normalized spacial score (nSPS) is 11.0. The third kappa shape index (κ3) is 2.40. The Morgan fingerprint density at radius 3 is 2.48 bits per heavy atom. The summed E-state index contributed by atoms with van der Waals surface area (Å²) in [6.07, 6.45) is 6.86. The number of hydrogen-bond donors (Lipinski definition) is 1. The lowest BCUT2D eigenvalue weighted by atomic mass is 10.2. The average Bonchev–Trinajstić information content (AvgIpc) is 3.10. The molecule has 0 aliphatic rings. The molecule has 0 spiro atoms. The van der Waals surface area contributed by atoms with E-state index >= 15 is 0 Å². The number of carboxylic acid groups (broad SMARTS) is 1. The maximum Gasteiger partial charge on any atom is 0.358 e. The fourth-order valence-electron chi connectivity index (χ4n) is 2.12. The van der Waals surface area contributed by atoms with Crippen LogP contribution in [0.1, 0.15) is 16.1 Å². The van der Waals surface area contributed by atoms with Gasteiger partial charge in [-0.25, -0.2) is 9.48 Å². The molecule has 0 aliphatic carbocycles. The summed E-state index contributed by atoms with van der Waals surface area (Å²) in [7, 11) is 3.58. The fourth-order valence-corrected chi connectivity index (χ4v) is 2.12. The van der Waals surface area contributed by atoms with Gasteiger partial charge >= 0.3 is 5.97 Å². The Labute approximate surface area is 119 Å². The van der Waals surface area contributed by atoms with Crippen molar-refractivity contribution in [3.05, 3.63) is 36.0 Å². The summed E-state index contributed by atoms with van der Waals surface area (Å²) in [4.78, 5) is 11.3. The van der Waals surface area contributed by atoms with Crippen LogP contribution in [0.5, 0.6) is 0 Å². The van der Waals surface area contributed by atoms with E-state index in [0.29, 0.717) is 17.8 Å². The first-order valence-electron chi connectivity index (χ1n) is 6.18. The summed E-state index contributed by atoms with van der Waals surface area (Å²) in [5.41, 5.74) is 1.90. The molecular weight excluding hydrogens is 274 g/mol. The number of rotatable bonds is 4. The van der Waals surface area contributed by atoms with Gasteiger partial charge in [0.05, 0.1) is 18.9 Å². The zero-order valence-electron chi connectivity index (χ0n) is 11.5. The zero-order valence-corrected chi connectivity index (χ0v) is 11.5. The molecule has 0 fully saturated rings. The van der Waals surface area contributed by atoms with E-state index in [-0.39, 0.29) is 5.69 Å². The van der Waals surface area contributed by atoms with Crippen molar-refractivity contribution in [2.45, 2.75) is 6.54 Å². The van der Waals surface area contributed by atoms with Crippen LogP contribution in [-0.2, 0) is 20.6 Å². The van der Waals surface area contributed by atoms with Crippen molar-refractivity contribution >= 4 is 5.97 Å². The number of aryl methyl sites for hydroxylation is 2. The largest absolute Gasteiger partial charge is 0.476 e. The molecule has 108 valence electrons. The molecule has 0 saturated heterocycles. The van der Waals surface area contributed by atoms with E-state index in [1.54, 1.807) is 35.0 Å². The number of carbonyl (C=O) groups is 1. The van der Waals surface area contributed by atoms with E-state index in [0.717, 1.165) is 5.56 Å². The van der Waals surface area contributed by atoms with Gasteiger partial charge in [-0.2, -0.15) is 10.2 Å². The number of aromatic nitrogens is 7. The molecule has 0 bridgehead atoms. The van der Waals surface area contributed by atoms with Crippen molar-refractivity contribution in [3.63, 3.8) is 0 Å². The van der Waals surface area contributed by atoms with Gasteiger partial charge in [0.2, 0.25) is 0 Å². The summed E-state index contributed by atoms with van der Waals surface area (Å²) in [5, 5.41) is 25.1. The van der Waals surface area contributed by atoms with Gasteiger partial charge in [-0.05, 0) is 0 Å². The van der Waals surface area contributed by atoms with Gasteiger partial charge in [-0.15, -0.1) is 5.10 Å². The van der Waals surface area contributed by atoms with Crippen LogP contribution in [0.25, 0.3) is 11.3 Å². The summed E-state index contributed by atoms with van der Waals surface area (Å²) in [6.45, 7) is 0.387. The van der Waals surface area contributed by atoms with E-state index in [2.05, 4.69) is 20.5 Å². The number of nitrogens with zero attached hydrogens (tertiary/aromatic N) is 7. The van der Waals surface area contributed by atoms with Crippen LogP contribution < -0.4 is 0 Å². The maximum absolute atomic E-state index is 11.3. The second-order valence-electron chi connectivity index (χ2n) is 4.67. The highest BCUT2D eigenvalue weighted by atomic mass is 16.4. The van der Waals surface area contributed by atoms with Gasteiger partial charge in [0.15, 0.2) is 5.69 Å². The second-order valence-corrected chi connectivity index (χ2v) is 4.67. The van der Waals surface area contributed by atoms with Crippen LogP contribution >= 0.6 is 0 Å². The predicted molar refractivity (Wildman–Crippen MR) is 71.5 cm³/mol. The van der Waals surface area contributed by atoms with Gasteiger partial charge in [-0.3, -0.25) is 9.36 Å². The van der Waals surface area contributed by atoms with Crippen LogP contribution in [0.3, 0.4) is 0 Å². The van der Waals surface area contributed by atoms with Crippen molar-refractivity contribution in [1.82, 2.24) is 34.6 Å². The van der Waals surface area contributed by atoms with Crippen molar-refractivity contribution in [3.8, 4) is 11.3 Å².